The Bertz CT molecular complexity index is 1490. The molecule has 0 aliphatic rings. The summed E-state index contributed by atoms with van der Waals surface area (Å²) in [7, 11) is 4.56. The lowest BCUT2D eigenvalue weighted by Gasteiger charge is -2.15. The summed E-state index contributed by atoms with van der Waals surface area (Å²) in [5.41, 5.74) is 0.346. The highest BCUT2D eigenvalue weighted by Gasteiger charge is 2.17. The molecule has 180 valence electrons. The molecular formula is C25H24N4O6. The Hall–Kier alpha value is -4.60. The van der Waals surface area contributed by atoms with E-state index in [4.69, 9.17) is 14.2 Å². The van der Waals surface area contributed by atoms with Crippen molar-refractivity contribution in [1.29, 1.82) is 0 Å². The minimum absolute atomic E-state index is 0.0160. The zero-order valence-electron chi connectivity index (χ0n) is 19.5. The molecule has 2 aromatic heterocycles. The number of carbonyl (C=O) groups excluding carboxylic acids is 1. The number of hydrogen-bond acceptors (Lipinski definition) is 7. The number of ether oxygens (including phenoxy) is 3. The molecule has 1 N–H and O–H groups in total. The molecule has 1 amide bonds. The fourth-order valence-electron chi connectivity index (χ4n) is 3.68. The van der Waals surface area contributed by atoms with Gasteiger partial charge in [-0.25, -0.2) is 9.78 Å². The van der Waals surface area contributed by atoms with Gasteiger partial charge in [0.2, 0.25) is 5.91 Å². The van der Waals surface area contributed by atoms with E-state index >= 15 is 0 Å². The normalized spacial score (nSPS) is 10.7. The van der Waals surface area contributed by atoms with E-state index in [9.17, 15) is 14.4 Å². The van der Waals surface area contributed by atoms with Crippen molar-refractivity contribution in [2.75, 3.05) is 26.6 Å². The van der Waals surface area contributed by atoms with Crippen LogP contribution in [0.5, 0.6) is 17.2 Å². The highest BCUT2D eigenvalue weighted by Crippen LogP contribution is 2.29. The predicted octanol–water partition coefficient (Wildman–Crippen LogP) is 2.27. The van der Waals surface area contributed by atoms with Crippen LogP contribution < -0.4 is 30.8 Å². The highest BCUT2D eigenvalue weighted by molar-refractivity contribution is 5.93. The quantitative estimate of drug-likeness (QED) is 0.415. The Morgan fingerprint density at radius 2 is 1.63 bits per heavy atom. The smallest absolute Gasteiger partial charge is 0.332 e. The van der Waals surface area contributed by atoms with E-state index in [0.717, 1.165) is 10.1 Å². The Balaban J connectivity index is 1.71. The van der Waals surface area contributed by atoms with E-state index in [1.807, 2.05) is 0 Å². The zero-order chi connectivity index (χ0) is 24.9. The molecule has 0 radical (unpaired) electrons. The largest absolute Gasteiger partial charge is 0.497 e. The average Bonchev–Trinajstić information content (AvgIpc) is 2.89. The molecular weight excluding hydrogens is 452 g/mol. The lowest BCUT2D eigenvalue weighted by Crippen LogP contribution is -2.42. The van der Waals surface area contributed by atoms with Gasteiger partial charge in [0, 0.05) is 12.3 Å². The fraction of sp³-hybridized carbons (Fsp3) is 0.200. The molecule has 10 nitrogen and oxygen atoms in total. The van der Waals surface area contributed by atoms with Crippen LogP contribution in [0.25, 0.3) is 11.0 Å². The van der Waals surface area contributed by atoms with Crippen molar-refractivity contribution in [2.24, 2.45) is 0 Å². The fourth-order valence-corrected chi connectivity index (χ4v) is 3.68. The molecule has 2 heterocycles. The van der Waals surface area contributed by atoms with E-state index in [1.165, 1.54) is 25.0 Å². The number of rotatable bonds is 8. The molecule has 10 heteroatoms. The molecule has 0 aliphatic heterocycles. The van der Waals surface area contributed by atoms with Crippen LogP contribution >= 0.6 is 0 Å². The van der Waals surface area contributed by atoms with Crippen molar-refractivity contribution in [3.8, 4) is 17.2 Å². The summed E-state index contributed by atoms with van der Waals surface area (Å²) in [4.78, 5) is 43.6. The van der Waals surface area contributed by atoms with Crippen LogP contribution in [0, 0.1) is 0 Å². The van der Waals surface area contributed by atoms with Crippen LogP contribution in [0.1, 0.15) is 5.56 Å². The standard InChI is InChI=1S/C25H24N4O6/c1-33-17-8-6-16(7-9-17)14-29-24(31)23-20(5-4-12-26-23)28(25(29)32)15-22(30)27-19-11-10-18(34-2)13-21(19)35-3/h4-13H,14-15H2,1-3H3,(H,27,30). The van der Waals surface area contributed by atoms with Crippen LogP contribution in [0.15, 0.2) is 70.4 Å². The third-order valence-corrected chi connectivity index (χ3v) is 5.47. The van der Waals surface area contributed by atoms with E-state index in [1.54, 1.807) is 61.7 Å². The average molecular weight is 476 g/mol. The van der Waals surface area contributed by atoms with Gasteiger partial charge in [-0.2, -0.15) is 0 Å². The molecule has 0 atom stereocenters. The molecule has 0 bridgehead atoms. The summed E-state index contributed by atoms with van der Waals surface area (Å²) in [6.07, 6.45) is 1.47. The highest BCUT2D eigenvalue weighted by atomic mass is 16.5. The molecule has 0 saturated heterocycles. The lowest BCUT2D eigenvalue weighted by molar-refractivity contribution is -0.116. The monoisotopic (exact) mass is 476 g/mol. The predicted molar refractivity (Wildman–Crippen MR) is 131 cm³/mol. The topological polar surface area (TPSA) is 114 Å². The number of nitrogens with one attached hydrogen (secondary N) is 1. The van der Waals surface area contributed by atoms with Crippen molar-refractivity contribution in [3.05, 3.63) is 87.2 Å². The molecule has 4 aromatic rings. The van der Waals surface area contributed by atoms with Gasteiger partial charge in [0.15, 0.2) is 5.52 Å². The minimum Gasteiger partial charge on any atom is -0.497 e. The number of benzene rings is 2. The number of carbonyl (C=O) groups is 1. The maximum atomic E-state index is 13.4. The van der Waals surface area contributed by atoms with Gasteiger partial charge < -0.3 is 19.5 Å². The lowest BCUT2D eigenvalue weighted by atomic mass is 10.2. The number of aromatic nitrogens is 3. The van der Waals surface area contributed by atoms with Gasteiger partial charge in [-0.3, -0.25) is 18.7 Å². The van der Waals surface area contributed by atoms with Crippen molar-refractivity contribution >= 4 is 22.6 Å². The third kappa shape index (κ3) is 4.86. The zero-order valence-corrected chi connectivity index (χ0v) is 19.5. The van der Waals surface area contributed by atoms with Gasteiger partial charge in [0.05, 0.1) is 39.1 Å². The first-order chi connectivity index (χ1) is 16.9. The molecule has 2 aromatic carbocycles. The first-order valence-corrected chi connectivity index (χ1v) is 10.7. The summed E-state index contributed by atoms with van der Waals surface area (Å²) in [6.45, 7) is -0.318. The number of amides is 1. The Morgan fingerprint density at radius 3 is 2.31 bits per heavy atom. The number of anilines is 1. The van der Waals surface area contributed by atoms with Gasteiger partial charge >= 0.3 is 5.69 Å². The summed E-state index contributed by atoms with van der Waals surface area (Å²) >= 11 is 0. The maximum Gasteiger partial charge on any atom is 0.332 e. The van der Waals surface area contributed by atoms with Crippen LogP contribution in [-0.4, -0.2) is 41.4 Å². The number of nitrogens with zero attached hydrogens (tertiary/aromatic N) is 3. The molecule has 0 aliphatic carbocycles. The third-order valence-electron chi connectivity index (χ3n) is 5.47. The second-order valence-electron chi connectivity index (χ2n) is 7.59. The number of hydrogen-bond donors (Lipinski definition) is 1. The van der Waals surface area contributed by atoms with Crippen molar-refractivity contribution in [2.45, 2.75) is 13.1 Å². The van der Waals surface area contributed by atoms with Crippen molar-refractivity contribution < 1.29 is 19.0 Å². The first-order valence-electron chi connectivity index (χ1n) is 10.7. The molecule has 35 heavy (non-hydrogen) atoms. The van der Waals surface area contributed by atoms with Gasteiger partial charge in [0.1, 0.15) is 23.8 Å². The second-order valence-corrected chi connectivity index (χ2v) is 7.59. The summed E-state index contributed by atoms with van der Waals surface area (Å²) in [5, 5.41) is 2.75. The number of methoxy groups -OCH3 is 3. The van der Waals surface area contributed by atoms with Gasteiger partial charge in [-0.1, -0.05) is 12.1 Å². The van der Waals surface area contributed by atoms with Gasteiger partial charge in [-0.05, 0) is 42.0 Å². The molecule has 0 unspecified atom stereocenters. The SMILES string of the molecule is COc1ccc(Cn2c(=O)c3ncccc3n(CC(=O)Nc3ccc(OC)cc3OC)c2=O)cc1. The number of pyridine rings is 1. The Morgan fingerprint density at radius 1 is 0.914 bits per heavy atom. The van der Waals surface area contributed by atoms with E-state index < -0.39 is 17.2 Å². The van der Waals surface area contributed by atoms with Crippen molar-refractivity contribution in [3.63, 3.8) is 0 Å². The van der Waals surface area contributed by atoms with Gasteiger partial charge in [-0.15, -0.1) is 0 Å². The van der Waals surface area contributed by atoms with Crippen LogP contribution in [-0.2, 0) is 17.9 Å². The molecule has 4 rings (SSSR count). The van der Waals surface area contributed by atoms with Crippen LogP contribution in [0.3, 0.4) is 0 Å². The summed E-state index contributed by atoms with van der Waals surface area (Å²) in [6, 6.07) is 15.2. The van der Waals surface area contributed by atoms with Crippen molar-refractivity contribution in [1.82, 2.24) is 14.1 Å². The first kappa shape index (κ1) is 23.6. The molecule has 0 fully saturated rings. The Kier molecular flexibility index (Phi) is 6.81. The maximum absolute atomic E-state index is 13.4. The number of fused-ring (bicyclic) bond motifs is 1. The summed E-state index contributed by atoms with van der Waals surface area (Å²) < 4.78 is 18.0. The van der Waals surface area contributed by atoms with E-state index in [-0.39, 0.29) is 24.1 Å². The summed E-state index contributed by atoms with van der Waals surface area (Å²) in [5.74, 6) is 1.15. The Labute approximate surface area is 200 Å². The van der Waals surface area contributed by atoms with Gasteiger partial charge in [0.25, 0.3) is 5.56 Å². The van der Waals surface area contributed by atoms with E-state index in [2.05, 4.69) is 10.3 Å². The molecule has 0 spiro atoms. The minimum atomic E-state index is -0.622. The van der Waals surface area contributed by atoms with Crippen LogP contribution in [0.4, 0.5) is 5.69 Å². The van der Waals surface area contributed by atoms with Crippen LogP contribution in [0.2, 0.25) is 0 Å². The molecule has 0 saturated carbocycles. The van der Waals surface area contributed by atoms with E-state index in [0.29, 0.717) is 22.9 Å². The second kappa shape index (κ2) is 10.1.